The second-order valence-corrected chi connectivity index (χ2v) is 11.1. The van der Waals surface area contributed by atoms with Crippen LogP contribution in [-0.4, -0.2) is 26.0 Å². The van der Waals surface area contributed by atoms with Gasteiger partial charge in [0.1, 0.15) is 12.1 Å². The van der Waals surface area contributed by atoms with Gasteiger partial charge in [0.05, 0.1) is 18.4 Å². The van der Waals surface area contributed by atoms with Gasteiger partial charge in [-0.05, 0) is 43.9 Å². The topological polar surface area (TPSA) is 82.5 Å². The molecule has 1 amide bonds. The maximum absolute atomic E-state index is 13.4. The molecule has 1 saturated carbocycles. The average molecular weight is 589 g/mol. The zero-order valence-electron chi connectivity index (χ0n) is 20.5. The number of carbonyl (C=O) groups excluding carboxylic acids is 1. The molecule has 35 heavy (non-hydrogen) atoms. The van der Waals surface area contributed by atoms with Crippen LogP contribution >= 0.6 is 22.6 Å². The molecule has 1 N–H and O–H groups in total. The van der Waals surface area contributed by atoms with Gasteiger partial charge < -0.3 is 9.47 Å². The summed E-state index contributed by atoms with van der Waals surface area (Å²) in [5.74, 6) is 0.913. The van der Waals surface area contributed by atoms with Gasteiger partial charge in [0.2, 0.25) is 11.9 Å². The van der Waals surface area contributed by atoms with Crippen molar-refractivity contribution in [3.8, 4) is 11.5 Å². The van der Waals surface area contributed by atoms with Crippen molar-refractivity contribution in [1.82, 2.24) is 9.55 Å². The lowest BCUT2D eigenvalue weighted by atomic mass is 9.77. The van der Waals surface area contributed by atoms with E-state index in [1.807, 2.05) is 37.3 Å². The Labute approximate surface area is 219 Å². The smallest absolute Gasteiger partial charge is 0.262 e. The average Bonchev–Trinajstić information content (AvgIpc) is 2.88. The summed E-state index contributed by atoms with van der Waals surface area (Å²) in [4.78, 5) is 31.5. The lowest BCUT2D eigenvalue weighted by molar-refractivity contribution is -0.121. The second-order valence-electron chi connectivity index (χ2n) is 8.93. The number of halogens is 1. The van der Waals surface area contributed by atoms with Crippen LogP contribution in [0, 0.1) is 5.92 Å². The lowest BCUT2D eigenvalue weighted by Gasteiger charge is -2.38. The van der Waals surface area contributed by atoms with Crippen LogP contribution in [0.25, 0.3) is 10.9 Å². The molecule has 1 aliphatic rings. The Hall–Kier alpha value is -2.62. The Morgan fingerprint density at radius 2 is 1.97 bits per heavy atom. The molecule has 1 heterocycles. The first-order chi connectivity index (χ1) is 16.9. The highest BCUT2D eigenvalue weighted by molar-refractivity contribution is 14.1. The second kappa shape index (κ2) is 11.0. The van der Waals surface area contributed by atoms with Crippen molar-refractivity contribution in [1.29, 1.82) is 0 Å². The van der Waals surface area contributed by atoms with Crippen molar-refractivity contribution in [2.75, 3.05) is 12.4 Å². The van der Waals surface area contributed by atoms with Crippen LogP contribution in [0.3, 0.4) is 0 Å². The molecule has 0 bridgehead atoms. The van der Waals surface area contributed by atoms with Gasteiger partial charge in [-0.2, -0.15) is 0 Å². The van der Waals surface area contributed by atoms with E-state index in [1.54, 1.807) is 12.1 Å². The van der Waals surface area contributed by atoms with Gasteiger partial charge in [0.25, 0.3) is 5.56 Å². The maximum atomic E-state index is 13.4. The van der Waals surface area contributed by atoms with E-state index < -0.39 is 0 Å². The number of hydrogen-bond acceptors (Lipinski definition) is 5. The van der Waals surface area contributed by atoms with E-state index in [0.29, 0.717) is 35.6 Å². The number of benzene rings is 2. The molecule has 1 aliphatic carbocycles. The number of carbonyl (C=O) groups is 1. The van der Waals surface area contributed by atoms with Crippen LogP contribution in [-0.2, 0) is 17.9 Å². The Morgan fingerprint density at radius 1 is 1.20 bits per heavy atom. The van der Waals surface area contributed by atoms with Crippen LogP contribution in [0.1, 0.15) is 51.5 Å². The number of rotatable bonds is 8. The summed E-state index contributed by atoms with van der Waals surface area (Å²) in [6, 6.07) is 13.3. The Balaban J connectivity index is 1.71. The first-order valence-electron chi connectivity index (χ1n) is 12.2. The summed E-state index contributed by atoms with van der Waals surface area (Å²) in [6.45, 7) is 4.75. The van der Waals surface area contributed by atoms with Crippen molar-refractivity contribution >= 4 is 45.3 Å². The number of nitrogens with zero attached hydrogens (tertiary/aromatic N) is 2. The highest BCUT2D eigenvalue weighted by atomic mass is 127. The van der Waals surface area contributed by atoms with Crippen molar-refractivity contribution in [2.24, 2.45) is 5.92 Å². The predicted molar refractivity (Wildman–Crippen MR) is 147 cm³/mol. The molecule has 186 valence electrons. The van der Waals surface area contributed by atoms with Gasteiger partial charge in [-0.1, -0.05) is 72.7 Å². The Kier molecular flexibility index (Phi) is 7.98. The van der Waals surface area contributed by atoms with E-state index in [0.717, 1.165) is 37.7 Å². The van der Waals surface area contributed by atoms with E-state index in [9.17, 15) is 9.59 Å². The molecular formula is C27H32IN3O4. The largest absolute Gasteiger partial charge is 0.491 e. The minimum Gasteiger partial charge on any atom is -0.491 e. The number of hydrogen-bond donors (Lipinski definition) is 1. The molecule has 8 heteroatoms. The highest BCUT2D eigenvalue weighted by Gasteiger charge is 2.41. The minimum atomic E-state index is -0.222. The molecule has 2 unspecified atom stereocenters. The zero-order chi connectivity index (χ0) is 25.0. The first kappa shape index (κ1) is 25.5. The molecule has 0 saturated heterocycles. The van der Waals surface area contributed by atoms with E-state index in [4.69, 9.17) is 14.5 Å². The fraction of sp³-hybridized carbons (Fsp3) is 0.444. The SMILES string of the molecule is CCn1c(NC(=O)C2CCCCC2(I)CC)nc2c(OC)c(OCc3ccccc3)ccc2c1=O. The molecule has 4 rings (SSSR count). The third-order valence-corrected chi connectivity index (χ3v) is 8.95. The molecule has 7 nitrogen and oxygen atoms in total. The van der Waals surface area contributed by atoms with Gasteiger partial charge in [0, 0.05) is 9.97 Å². The maximum Gasteiger partial charge on any atom is 0.262 e. The van der Waals surface area contributed by atoms with Crippen LogP contribution in [0.4, 0.5) is 5.95 Å². The summed E-state index contributed by atoms with van der Waals surface area (Å²) in [6.07, 6.45) is 4.95. The Bertz CT molecular complexity index is 1260. The fourth-order valence-electron chi connectivity index (χ4n) is 4.87. The van der Waals surface area contributed by atoms with Gasteiger partial charge >= 0.3 is 0 Å². The molecule has 0 radical (unpaired) electrons. The molecule has 2 atom stereocenters. The molecule has 0 aliphatic heterocycles. The van der Waals surface area contributed by atoms with Gasteiger partial charge in [0.15, 0.2) is 11.5 Å². The van der Waals surface area contributed by atoms with Crippen molar-refractivity contribution in [2.45, 2.75) is 62.5 Å². The van der Waals surface area contributed by atoms with Crippen molar-refractivity contribution in [3.05, 3.63) is 58.4 Å². The monoisotopic (exact) mass is 589 g/mol. The van der Waals surface area contributed by atoms with Crippen LogP contribution in [0.2, 0.25) is 0 Å². The highest BCUT2D eigenvalue weighted by Crippen LogP contribution is 2.44. The number of anilines is 1. The van der Waals surface area contributed by atoms with Crippen LogP contribution in [0.5, 0.6) is 11.5 Å². The van der Waals surface area contributed by atoms with E-state index >= 15 is 0 Å². The summed E-state index contributed by atoms with van der Waals surface area (Å²) in [5, 5.41) is 3.41. The summed E-state index contributed by atoms with van der Waals surface area (Å²) in [5.41, 5.74) is 1.17. The summed E-state index contributed by atoms with van der Waals surface area (Å²) in [7, 11) is 1.53. The van der Waals surface area contributed by atoms with E-state index in [2.05, 4.69) is 34.8 Å². The summed E-state index contributed by atoms with van der Waals surface area (Å²) >= 11 is 2.46. The predicted octanol–water partition coefficient (Wildman–Crippen LogP) is 5.72. The normalized spacial score (nSPS) is 19.9. The van der Waals surface area contributed by atoms with Crippen LogP contribution < -0.4 is 20.3 Å². The molecule has 1 fully saturated rings. The van der Waals surface area contributed by atoms with E-state index in [-0.39, 0.29) is 26.8 Å². The van der Waals surface area contributed by atoms with Gasteiger partial charge in [-0.3, -0.25) is 19.5 Å². The standard InChI is InChI=1S/C27H32IN3O4/c1-4-27(28)16-10-9-13-20(27)24(32)30-26-29-22-19(25(33)31(26)5-2)14-15-21(23(22)34-3)35-17-18-11-7-6-8-12-18/h6-8,11-12,14-15,20H,4-5,9-10,13,16-17H2,1-3H3,(H,29,30,32). The molecule has 1 aromatic heterocycles. The molecule has 2 aromatic carbocycles. The van der Waals surface area contributed by atoms with Crippen LogP contribution in [0.15, 0.2) is 47.3 Å². The van der Waals surface area contributed by atoms with Gasteiger partial charge in [-0.15, -0.1) is 0 Å². The quantitative estimate of drug-likeness (QED) is 0.269. The summed E-state index contributed by atoms with van der Waals surface area (Å²) < 4.78 is 13.1. The fourth-order valence-corrected chi connectivity index (χ4v) is 5.84. The van der Waals surface area contributed by atoms with E-state index in [1.165, 1.54) is 11.7 Å². The van der Waals surface area contributed by atoms with Gasteiger partial charge in [-0.25, -0.2) is 4.98 Å². The number of nitrogens with one attached hydrogen (secondary N) is 1. The zero-order valence-corrected chi connectivity index (χ0v) is 22.6. The minimum absolute atomic E-state index is 0.0788. The molecular weight excluding hydrogens is 557 g/mol. The number of aromatic nitrogens is 2. The number of fused-ring (bicyclic) bond motifs is 1. The third-order valence-electron chi connectivity index (χ3n) is 6.90. The number of methoxy groups -OCH3 is 1. The third kappa shape index (κ3) is 5.17. The van der Waals surface area contributed by atoms with Crippen molar-refractivity contribution in [3.63, 3.8) is 0 Å². The number of amides is 1. The lowest BCUT2D eigenvalue weighted by Crippen LogP contribution is -2.42. The number of alkyl halides is 1. The number of ether oxygens (including phenoxy) is 2. The molecule has 0 spiro atoms. The Morgan fingerprint density at radius 3 is 2.66 bits per heavy atom. The first-order valence-corrected chi connectivity index (χ1v) is 13.3. The van der Waals surface area contributed by atoms with Crippen molar-refractivity contribution < 1.29 is 14.3 Å². The molecule has 3 aromatic rings.